The number of rotatable bonds is 31. The van der Waals surface area contributed by atoms with E-state index < -0.39 is 0 Å². The Morgan fingerprint density at radius 2 is 0.472 bits per heavy atom. The van der Waals surface area contributed by atoms with E-state index in [4.69, 9.17) is 0 Å². The lowest BCUT2D eigenvalue weighted by atomic mass is 9.85. The Bertz CT molecular complexity index is 370. The van der Waals surface area contributed by atoms with Gasteiger partial charge in [0.05, 0.1) is 0 Å². The quantitative estimate of drug-likeness (QED) is 0.0820. The van der Waals surface area contributed by atoms with Crippen LogP contribution in [0, 0.1) is 11.8 Å². The van der Waals surface area contributed by atoms with Crippen LogP contribution >= 0.6 is 0 Å². The van der Waals surface area contributed by atoms with Crippen molar-refractivity contribution in [2.24, 2.45) is 11.8 Å². The highest BCUT2D eigenvalue weighted by atomic mass is 14.2. The second kappa shape index (κ2) is 31.2. The van der Waals surface area contributed by atoms with Crippen LogP contribution in [0.3, 0.4) is 0 Å². The fourth-order valence-corrected chi connectivity index (χ4v) is 6.01. The molecule has 0 aliphatic rings. The monoisotopic (exact) mass is 507 g/mol. The standard InChI is InChI=1S/C36H74/c1-5-7-9-11-13-15-17-19-20-21-22-24-26-28-30-32-34-36(35(3)4)33-31-29-27-25-23-18-16-14-12-10-8-6-2/h35-36H,5-34H2,1-4H3. The molecule has 0 aliphatic carbocycles. The zero-order valence-corrected chi connectivity index (χ0v) is 26.4. The molecule has 0 bridgehead atoms. The smallest absolute Gasteiger partial charge is 0.0391 e. The first-order valence-electron chi connectivity index (χ1n) is 17.7. The third-order valence-corrected chi connectivity index (χ3v) is 8.80. The van der Waals surface area contributed by atoms with Crippen LogP contribution in [0.15, 0.2) is 0 Å². The van der Waals surface area contributed by atoms with Crippen LogP contribution in [-0.2, 0) is 0 Å². The minimum absolute atomic E-state index is 0.883. The summed E-state index contributed by atoms with van der Waals surface area (Å²) in [7, 11) is 0. The lowest BCUT2D eigenvalue weighted by molar-refractivity contribution is 0.312. The molecule has 0 heterocycles. The van der Waals surface area contributed by atoms with Crippen LogP contribution in [0.4, 0.5) is 0 Å². The molecule has 0 saturated heterocycles. The van der Waals surface area contributed by atoms with E-state index in [-0.39, 0.29) is 0 Å². The summed E-state index contributed by atoms with van der Waals surface area (Å²) in [5.41, 5.74) is 0. The van der Waals surface area contributed by atoms with Crippen LogP contribution in [0.2, 0.25) is 0 Å². The Hall–Kier alpha value is 0. The van der Waals surface area contributed by atoms with E-state index in [0.717, 1.165) is 11.8 Å². The molecule has 0 amide bonds. The van der Waals surface area contributed by atoms with Crippen LogP contribution in [-0.4, -0.2) is 0 Å². The van der Waals surface area contributed by atoms with Crippen molar-refractivity contribution in [3.8, 4) is 0 Å². The number of hydrogen-bond acceptors (Lipinski definition) is 0. The van der Waals surface area contributed by atoms with Gasteiger partial charge < -0.3 is 0 Å². The second-order valence-corrected chi connectivity index (χ2v) is 12.8. The molecule has 36 heavy (non-hydrogen) atoms. The van der Waals surface area contributed by atoms with Crippen LogP contribution in [0.1, 0.15) is 220 Å². The zero-order valence-electron chi connectivity index (χ0n) is 26.4. The van der Waals surface area contributed by atoms with Gasteiger partial charge in [-0.3, -0.25) is 0 Å². The summed E-state index contributed by atoms with van der Waals surface area (Å²) < 4.78 is 0. The third-order valence-electron chi connectivity index (χ3n) is 8.80. The lowest BCUT2D eigenvalue weighted by Gasteiger charge is -2.20. The van der Waals surface area contributed by atoms with Crippen molar-refractivity contribution in [1.82, 2.24) is 0 Å². The highest BCUT2D eigenvalue weighted by Crippen LogP contribution is 2.26. The van der Waals surface area contributed by atoms with E-state index in [9.17, 15) is 0 Å². The molecule has 0 fully saturated rings. The van der Waals surface area contributed by atoms with Crippen LogP contribution < -0.4 is 0 Å². The van der Waals surface area contributed by atoms with E-state index in [2.05, 4.69) is 27.7 Å². The van der Waals surface area contributed by atoms with Crippen molar-refractivity contribution in [2.75, 3.05) is 0 Å². The molecule has 1 atom stereocenters. The van der Waals surface area contributed by atoms with Crippen molar-refractivity contribution in [2.45, 2.75) is 220 Å². The highest BCUT2D eigenvalue weighted by molar-refractivity contribution is 4.64. The summed E-state index contributed by atoms with van der Waals surface area (Å²) in [6.45, 7) is 9.56. The summed E-state index contributed by atoms with van der Waals surface area (Å²) in [6, 6.07) is 0. The average Bonchev–Trinajstić information content (AvgIpc) is 2.87. The van der Waals surface area contributed by atoms with Crippen LogP contribution in [0.5, 0.6) is 0 Å². The first-order valence-corrected chi connectivity index (χ1v) is 17.7. The Balaban J connectivity index is 3.38. The Kier molecular flexibility index (Phi) is 31.2. The average molecular weight is 507 g/mol. The minimum Gasteiger partial charge on any atom is -0.0654 e. The predicted molar refractivity (Wildman–Crippen MR) is 168 cm³/mol. The SMILES string of the molecule is CCCCCCCCCCCCCCCCCCC(CCCCCCCCCCCCCC)C(C)C. The molecule has 0 aromatic rings. The topological polar surface area (TPSA) is 0 Å². The molecule has 218 valence electrons. The van der Waals surface area contributed by atoms with Crippen molar-refractivity contribution in [3.63, 3.8) is 0 Å². The summed E-state index contributed by atoms with van der Waals surface area (Å²) in [4.78, 5) is 0. The van der Waals surface area contributed by atoms with Gasteiger partial charge in [0.2, 0.25) is 0 Å². The molecular weight excluding hydrogens is 432 g/mol. The van der Waals surface area contributed by atoms with E-state index in [0.29, 0.717) is 0 Å². The number of hydrogen-bond donors (Lipinski definition) is 0. The molecule has 0 N–H and O–H groups in total. The van der Waals surface area contributed by atoms with Crippen molar-refractivity contribution in [3.05, 3.63) is 0 Å². The third kappa shape index (κ3) is 28.6. The molecule has 1 unspecified atom stereocenters. The molecule has 0 nitrogen and oxygen atoms in total. The summed E-state index contributed by atoms with van der Waals surface area (Å²) in [5.74, 6) is 1.87. The molecule has 0 aliphatic heterocycles. The van der Waals surface area contributed by atoms with Gasteiger partial charge in [-0.15, -0.1) is 0 Å². The van der Waals surface area contributed by atoms with Gasteiger partial charge in [-0.25, -0.2) is 0 Å². The van der Waals surface area contributed by atoms with Crippen molar-refractivity contribution in [1.29, 1.82) is 0 Å². The van der Waals surface area contributed by atoms with Crippen molar-refractivity contribution >= 4 is 0 Å². The van der Waals surface area contributed by atoms with E-state index >= 15 is 0 Å². The maximum absolute atomic E-state index is 2.47. The first kappa shape index (κ1) is 36.0. The molecule has 0 rings (SSSR count). The molecule has 0 aromatic carbocycles. The largest absolute Gasteiger partial charge is 0.0654 e. The van der Waals surface area contributed by atoms with Crippen molar-refractivity contribution < 1.29 is 0 Å². The minimum atomic E-state index is 0.883. The molecule has 0 spiro atoms. The van der Waals surface area contributed by atoms with Gasteiger partial charge in [0.25, 0.3) is 0 Å². The van der Waals surface area contributed by atoms with Gasteiger partial charge in [0.1, 0.15) is 0 Å². The van der Waals surface area contributed by atoms with E-state index in [1.807, 2.05) is 0 Å². The normalized spacial score (nSPS) is 12.6. The Labute approximate surface area is 232 Å². The highest BCUT2D eigenvalue weighted by Gasteiger charge is 2.12. The van der Waals surface area contributed by atoms with Crippen LogP contribution in [0.25, 0.3) is 0 Å². The Morgan fingerprint density at radius 3 is 0.667 bits per heavy atom. The van der Waals surface area contributed by atoms with Gasteiger partial charge in [-0.05, 0) is 11.8 Å². The Morgan fingerprint density at radius 1 is 0.278 bits per heavy atom. The molecule has 0 aromatic heterocycles. The van der Waals surface area contributed by atoms with Gasteiger partial charge in [-0.2, -0.15) is 0 Å². The molecule has 0 saturated carbocycles. The van der Waals surface area contributed by atoms with Gasteiger partial charge in [-0.1, -0.05) is 220 Å². The lowest BCUT2D eigenvalue weighted by Crippen LogP contribution is -2.08. The van der Waals surface area contributed by atoms with Gasteiger partial charge >= 0.3 is 0 Å². The summed E-state index contributed by atoms with van der Waals surface area (Å²) in [5, 5.41) is 0. The zero-order chi connectivity index (χ0) is 26.4. The number of unbranched alkanes of at least 4 members (excludes halogenated alkanes) is 26. The first-order chi connectivity index (χ1) is 17.7. The summed E-state index contributed by atoms with van der Waals surface area (Å²) in [6.07, 6.45) is 44.2. The predicted octanol–water partition coefficient (Wildman–Crippen LogP) is 14.0. The summed E-state index contributed by atoms with van der Waals surface area (Å²) >= 11 is 0. The molecular formula is C36H74. The molecule has 0 heteroatoms. The molecule has 0 radical (unpaired) electrons. The van der Waals surface area contributed by atoms with Gasteiger partial charge in [0, 0.05) is 0 Å². The maximum Gasteiger partial charge on any atom is -0.0391 e. The fourth-order valence-electron chi connectivity index (χ4n) is 6.01. The fraction of sp³-hybridized carbons (Fsp3) is 1.00. The maximum atomic E-state index is 2.47. The van der Waals surface area contributed by atoms with E-state index in [1.54, 1.807) is 0 Å². The van der Waals surface area contributed by atoms with Gasteiger partial charge in [0.15, 0.2) is 0 Å². The second-order valence-electron chi connectivity index (χ2n) is 12.8. The van der Waals surface area contributed by atoms with E-state index in [1.165, 1.54) is 193 Å².